The van der Waals surface area contributed by atoms with Crippen LogP contribution in [0, 0.1) is 0 Å². The normalized spacial score (nSPS) is 10.1. The van der Waals surface area contributed by atoms with Gasteiger partial charge in [0, 0.05) is 18.2 Å². The van der Waals surface area contributed by atoms with Gasteiger partial charge >= 0.3 is 5.97 Å². The number of aromatic nitrogens is 2. The van der Waals surface area contributed by atoms with Crippen LogP contribution in [0.3, 0.4) is 0 Å². The number of methoxy groups -OCH3 is 2. The number of hydrogen-bond acceptors (Lipinski definition) is 7. The number of rotatable bonds is 7. The molecule has 1 heterocycles. The van der Waals surface area contributed by atoms with E-state index in [-0.39, 0.29) is 0 Å². The number of hydrogen-bond donors (Lipinski definition) is 2. The summed E-state index contributed by atoms with van der Waals surface area (Å²) in [6.07, 6.45) is 1.45. The first-order valence-electron chi connectivity index (χ1n) is 8.33. The molecule has 3 rings (SSSR count). The Balaban J connectivity index is 1.74. The first kappa shape index (κ1) is 18.2. The Morgan fingerprint density at radius 3 is 2.56 bits per heavy atom. The first-order chi connectivity index (χ1) is 13.2. The van der Waals surface area contributed by atoms with Gasteiger partial charge in [-0.3, -0.25) is 0 Å². The van der Waals surface area contributed by atoms with Gasteiger partial charge in [0.15, 0.2) is 0 Å². The topological polar surface area (TPSA) is 85.4 Å². The Hall–Kier alpha value is -3.61. The Bertz CT molecular complexity index is 930. The lowest BCUT2D eigenvalue weighted by Gasteiger charge is -2.12. The molecule has 7 nitrogen and oxygen atoms in total. The quantitative estimate of drug-likeness (QED) is 0.619. The maximum Gasteiger partial charge on any atom is 0.339 e. The van der Waals surface area contributed by atoms with Gasteiger partial charge in [-0.1, -0.05) is 30.3 Å². The van der Waals surface area contributed by atoms with Gasteiger partial charge in [-0.2, -0.15) is 0 Å². The van der Waals surface area contributed by atoms with Gasteiger partial charge < -0.3 is 20.1 Å². The van der Waals surface area contributed by atoms with Crippen molar-refractivity contribution in [3.05, 3.63) is 72.1 Å². The fraction of sp³-hybridized carbons (Fsp3) is 0.150. The maximum absolute atomic E-state index is 11.9. The molecule has 0 spiro atoms. The van der Waals surface area contributed by atoms with Crippen LogP contribution in [0.25, 0.3) is 0 Å². The maximum atomic E-state index is 11.9. The van der Waals surface area contributed by atoms with Gasteiger partial charge in [0.1, 0.15) is 23.7 Å². The van der Waals surface area contributed by atoms with Crippen LogP contribution in [0.1, 0.15) is 15.9 Å². The van der Waals surface area contributed by atoms with Crippen molar-refractivity contribution in [2.75, 3.05) is 24.9 Å². The molecule has 0 aliphatic heterocycles. The molecule has 0 saturated heterocycles. The van der Waals surface area contributed by atoms with Crippen molar-refractivity contribution >= 4 is 23.3 Å². The summed E-state index contributed by atoms with van der Waals surface area (Å²) in [7, 11) is 2.99. The number of carbonyl (C=O) groups is 1. The number of nitrogens with one attached hydrogen (secondary N) is 2. The molecule has 0 bridgehead atoms. The van der Waals surface area contributed by atoms with E-state index in [0.717, 1.165) is 11.3 Å². The largest absolute Gasteiger partial charge is 0.496 e. The van der Waals surface area contributed by atoms with Crippen LogP contribution < -0.4 is 15.4 Å². The molecule has 0 radical (unpaired) electrons. The molecule has 3 aromatic rings. The van der Waals surface area contributed by atoms with Crippen molar-refractivity contribution in [1.82, 2.24) is 9.97 Å². The van der Waals surface area contributed by atoms with Crippen molar-refractivity contribution in [2.45, 2.75) is 6.54 Å². The van der Waals surface area contributed by atoms with E-state index in [9.17, 15) is 4.79 Å². The van der Waals surface area contributed by atoms with Crippen LogP contribution in [-0.4, -0.2) is 30.2 Å². The second kappa shape index (κ2) is 8.66. The highest BCUT2D eigenvalue weighted by Crippen LogP contribution is 2.22. The Morgan fingerprint density at radius 1 is 1.00 bits per heavy atom. The van der Waals surface area contributed by atoms with Crippen molar-refractivity contribution < 1.29 is 14.3 Å². The molecule has 0 fully saturated rings. The monoisotopic (exact) mass is 364 g/mol. The molecule has 138 valence electrons. The Kier molecular flexibility index (Phi) is 5.84. The van der Waals surface area contributed by atoms with Gasteiger partial charge in [-0.25, -0.2) is 14.8 Å². The molecule has 0 unspecified atom stereocenters. The lowest BCUT2D eigenvalue weighted by Crippen LogP contribution is -2.07. The van der Waals surface area contributed by atoms with Crippen LogP contribution in [0.15, 0.2) is 60.9 Å². The van der Waals surface area contributed by atoms with Crippen LogP contribution >= 0.6 is 0 Å². The predicted molar refractivity (Wildman–Crippen MR) is 103 cm³/mol. The zero-order chi connectivity index (χ0) is 19.1. The Morgan fingerprint density at radius 2 is 1.74 bits per heavy atom. The van der Waals surface area contributed by atoms with E-state index in [1.807, 2.05) is 30.3 Å². The van der Waals surface area contributed by atoms with E-state index < -0.39 is 5.97 Å². The van der Waals surface area contributed by atoms with E-state index in [4.69, 9.17) is 9.47 Å². The minimum Gasteiger partial charge on any atom is -0.496 e. The summed E-state index contributed by atoms with van der Waals surface area (Å²) < 4.78 is 10.2. The fourth-order valence-corrected chi connectivity index (χ4v) is 2.58. The van der Waals surface area contributed by atoms with E-state index in [0.29, 0.717) is 29.4 Å². The summed E-state index contributed by atoms with van der Waals surface area (Å²) in [6.45, 7) is 0.555. The predicted octanol–water partition coefficient (Wildman–Crippen LogP) is 3.63. The van der Waals surface area contributed by atoms with Crippen molar-refractivity contribution in [1.29, 1.82) is 0 Å². The van der Waals surface area contributed by atoms with Gasteiger partial charge in [-0.05, 0) is 18.2 Å². The third-order valence-corrected chi connectivity index (χ3v) is 3.91. The summed E-state index contributed by atoms with van der Waals surface area (Å²) in [5.41, 5.74) is 2.06. The van der Waals surface area contributed by atoms with Gasteiger partial charge in [0.05, 0.1) is 25.5 Å². The highest BCUT2D eigenvalue weighted by atomic mass is 16.5. The second-order valence-electron chi connectivity index (χ2n) is 5.62. The van der Waals surface area contributed by atoms with E-state index in [2.05, 4.69) is 20.6 Å². The van der Waals surface area contributed by atoms with Gasteiger partial charge in [0.25, 0.3) is 0 Å². The van der Waals surface area contributed by atoms with Gasteiger partial charge in [0.2, 0.25) is 0 Å². The summed E-state index contributed by atoms with van der Waals surface area (Å²) >= 11 is 0. The van der Waals surface area contributed by atoms with Crippen LogP contribution in [0.2, 0.25) is 0 Å². The number of esters is 1. The molecule has 27 heavy (non-hydrogen) atoms. The fourth-order valence-electron chi connectivity index (χ4n) is 2.58. The highest BCUT2D eigenvalue weighted by molar-refractivity contribution is 5.96. The molecule has 7 heteroatoms. The zero-order valence-corrected chi connectivity index (χ0v) is 15.1. The summed E-state index contributed by atoms with van der Waals surface area (Å²) in [4.78, 5) is 20.3. The SMILES string of the molecule is COC(=O)c1ccccc1Nc1cc(NCc2ccccc2OC)ncn1. The molecular weight excluding hydrogens is 344 g/mol. The molecule has 0 saturated carbocycles. The lowest BCUT2D eigenvalue weighted by atomic mass is 10.2. The highest BCUT2D eigenvalue weighted by Gasteiger charge is 2.11. The standard InChI is InChI=1S/C20H20N4O3/c1-26-17-10-6-3-7-14(17)12-21-18-11-19(23-13-22-18)24-16-9-5-4-8-15(16)20(25)27-2/h3-11,13H,12H2,1-2H3,(H2,21,22,23,24). The molecule has 2 aromatic carbocycles. The molecule has 0 atom stereocenters. The molecule has 2 N–H and O–H groups in total. The third-order valence-electron chi connectivity index (χ3n) is 3.91. The summed E-state index contributed by atoms with van der Waals surface area (Å²) in [5.74, 6) is 1.60. The smallest absolute Gasteiger partial charge is 0.339 e. The average Bonchev–Trinajstić information content (AvgIpc) is 2.72. The third kappa shape index (κ3) is 4.52. The minimum absolute atomic E-state index is 0.415. The molecule has 1 aromatic heterocycles. The second-order valence-corrected chi connectivity index (χ2v) is 5.62. The zero-order valence-electron chi connectivity index (χ0n) is 15.1. The first-order valence-corrected chi connectivity index (χ1v) is 8.33. The van der Waals surface area contributed by atoms with Gasteiger partial charge in [-0.15, -0.1) is 0 Å². The van der Waals surface area contributed by atoms with Crippen LogP contribution in [-0.2, 0) is 11.3 Å². The number of ether oxygens (including phenoxy) is 2. The van der Waals surface area contributed by atoms with Crippen molar-refractivity contribution in [2.24, 2.45) is 0 Å². The van der Waals surface area contributed by atoms with E-state index in [1.54, 1.807) is 31.4 Å². The summed E-state index contributed by atoms with van der Waals surface area (Å²) in [6, 6.07) is 16.6. The Labute approximate surface area is 157 Å². The number of para-hydroxylation sites is 2. The number of nitrogens with zero attached hydrogens (tertiary/aromatic N) is 2. The minimum atomic E-state index is -0.415. The molecular formula is C20H20N4O3. The van der Waals surface area contributed by atoms with Crippen molar-refractivity contribution in [3.8, 4) is 5.75 Å². The van der Waals surface area contributed by atoms with Crippen LogP contribution in [0.4, 0.5) is 17.3 Å². The average molecular weight is 364 g/mol. The molecule has 0 amide bonds. The van der Waals surface area contributed by atoms with Crippen LogP contribution in [0.5, 0.6) is 5.75 Å². The number of anilines is 3. The molecule has 0 aliphatic rings. The van der Waals surface area contributed by atoms with E-state index >= 15 is 0 Å². The summed E-state index contributed by atoms with van der Waals surface area (Å²) in [5, 5.41) is 6.38. The van der Waals surface area contributed by atoms with E-state index in [1.165, 1.54) is 13.4 Å². The number of carbonyl (C=O) groups excluding carboxylic acids is 1. The molecule has 0 aliphatic carbocycles. The van der Waals surface area contributed by atoms with Crippen molar-refractivity contribution in [3.63, 3.8) is 0 Å². The lowest BCUT2D eigenvalue weighted by molar-refractivity contribution is 0.0602. The number of benzene rings is 2.